The summed E-state index contributed by atoms with van der Waals surface area (Å²) in [5.41, 5.74) is 0.715. The Morgan fingerprint density at radius 2 is 2.07 bits per heavy atom. The van der Waals surface area contributed by atoms with Crippen molar-refractivity contribution in [1.29, 1.82) is 0 Å². The molecule has 148 valence electrons. The van der Waals surface area contributed by atoms with Gasteiger partial charge in [0.25, 0.3) is 0 Å². The van der Waals surface area contributed by atoms with E-state index in [2.05, 4.69) is 10.2 Å². The first-order valence-corrected chi connectivity index (χ1v) is 10.5. The highest BCUT2D eigenvalue weighted by molar-refractivity contribution is 8.00. The molecule has 0 saturated carbocycles. The van der Waals surface area contributed by atoms with Crippen LogP contribution in [0.1, 0.15) is 26.7 Å². The molecule has 1 aromatic carbocycles. The predicted molar refractivity (Wildman–Crippen MR) is 110 cm³/mol. The van der Waals surface area contributed by atoms with E-state index in [1.165, 1.54) is 11.8 Å². The molecule has 0 aliphatic heterocycles. The zero-order chi connectivity index (χ0) is 20.1. The smallest absolute Gasteiger partial charge is 0.319 e. The van der Waals surface area contributed by atoms with Crippen molar-refractivity contribution in [2.24, 2.45) is 0 Å². The van der Waals surface area contributed by atoms with E-state index in [9.17, 15) is 4.79 Å². The van der Waals surface area contributed by atoms with Crippen molar-refractivity contribution < 1.29 is 13.9 Å². The first kappa shape index (κ1) is 20.8. The third-order valence-corrected chi connectivity index (χ3v) is 5.81. The van der Waals surface area contributed by atoms with Gasteiger partial charge in [0, 0.05) is 0 Å². The monoisotopic (exact) mass is 439 g/mol. The van der Waals surface area contributed by atoms with Crippen LogP contribution in [-0.4, -0.2) is 32.6 Å². The second-order valence-corrected chi connectivity index (χ2v) is 7.85. The zero-order valence-electron chi connectivity index (χ0n) is 15.4. The number of benzene rings is 1. The summed E-state index contributed by atoms with van der Waals surface area (Å²) in [6, 6.07) is 8.81. The van der Waals surface area contributed by atoms with E-state index in [0.717, 1.165) is 6.42 Å². The van der Waals surface area contributed by atoms with Crippen molar-refractivity contribution in [1.82, 2.24) is 14.8 Å². The third-order valence-electron chi connectivity index (χ3n) is 3.88. The minimum Gasteiger partial charge on any atom is -0.465 e. The summed E-state index contributed by atoms with van der Waals surface area (Å²) >= 11 is 13.6. The minimum absolute atomic E-state index is 0.266. The van der Waals surface area contributed by atoms with Gasteiger partial charge >= 0.3 is 5.97 Å². The molecular formula is C19H19Cl2N3O3S. The molecule has 0 unspecified atom stereocenters. The molecule has 0 saturated heterocycles. The lowest BCUT2D eigenvalue weighted by atomic mass is 10.2. The largest absolute Gasteiger partial charge is 0.465 e. The first-order chi connectivity index (χ1) is 13.5. The van der Waals surface area contributed by atoms with E-state index in [4.69, 9.17) is 32.4 Å². The predicted octanol–water partition coefficient (Wildman–Crippen LogP) is 5.66. The van der Waals surface area contributed by atoms with E-state index < -0.39 is 0 Å². The second kappa shape index (κ2) is 9.49. The Hall–Kier alpha value is -1.96. The van der Waals surface area contributed by atoms with Gasteiger partial charge in [0.2, 0.25) is 5.82 Å². The molecule has 0 aliphatic carbocycles. The summed E-state index contributed by atoms with van der Waals surface area (Å²) in [6.07, 6.45) is 3.06. The Morgan fingerprint density at radius 3 is 2.71 bits per heavy atom. The zero-order valence-corrected chi connectivity index (χ0v) is 17.7. The van der Waals surface area contributed by atoms with Crippen LogP contribution in [0.2, 0.25) is 10.0 Å². The van der Waals surface area contributed by atoms with Gasteiger partial charge in [0.15, 0.2) is 10.9 Å². The van der Waals surface area contributed by atoms with E-state index >= 15 is 0 Å². The number of thioether (sulfide) groups is 1. The van der Waals surface area contributed by atoms with Gasteiger partial charge in [-0.1, -0.05) is 48.3 Å². The maximum Gasteiger partial charge on any atom is 0.319 e. The lowest BCUT2D eigenvalue weighted by Crippen LogP contribution is -2.20. The fourth-order valence-electron chi connectivity index (χ4n) is 2.62. The van der Waals surface area contributed by atoms with Crippen molar-refractivity contribution in [2.45, 2.75) is 37.1 Å². The molecule has 6 nitrogen and oxygen atoms in total. The van der Waals surface area contributed by atoms with Crippen LogP contribution in [0.5, 0.6) is 0 Å². The van der Waals surface area contributed by atoms with Gasteiger partial charge in [-0.15, -0.1) is 10.2 Å². The maximum atomic E-state index is 12.4. The fourth-order valence-corrected chi connectivity index (χ4v) is 4.07. The molecule has 0 spiro atoms. The first-order valence-electron chi connectivity index (χ1n) is 8.83. The average molecular weight is 440 g/mol. The number of ether oxygens (including phenoxy) is 1. The number of hydrogen-bond acceptors (Lipinski definition) is 6. The van der Waals surface area contributed by atoms with Gasteiger partial charge < -0.3 is 9.15 Å². The van der Waals surface area contributed by atoms with Gasteiger partial charge in [-0.2, -0.15) is 0 Å². The van der Waals surface area contributed by atoms with Gasteiger partial charge in [-0.05, 0) is 43.7 Å². The highest BCUT2D eigenvalue weighted by Crippen LogP contribution is 2.34. The molecule has 0 radical (unpaired) electrons. The highest BCUT2D eigenvalue weighted by Gasteiger charge is 2.26. The summed E-state index contributed by atoms with van der Waals surface area (Å²) in [7, 11) is 0. The van der Waals surface area contributed by atoms with Crippen molar-refractivity contribution in [3.05, 3.63) is 46.6 Å². The molecule has 2 aromatic heterocycles. The molecule has 1 atom stereocenters. The Balaban J connectivity index is 2.05. The number of rotatable bonds is 8. The summed E-state index contributed by atoms with van der Waals surface area (Å²) in [5, 5.41) is 9.58. The molecule has 2 heterocycles. The number of carbonyl (C=O) groups excluding carboxylic acids is 1. The van der Waals surface area contributed by atoms with E-state index in [-0.39, 0.29) is 11.2 Å². The molecule has 0 N–H and O–H groups in total. The van der Waals surface area contributed by atoms with Crippen LogP contribution in [0.15, 0.2) is 46.2 Å². The Labute approximate surface area is 177 Å². The molecule has 3 aromatic rings. The molecule has 9 heteroatoms. The molecule has 28 heavy (non-hydrogen) atoms. The Bertz CT molecular complexity index is 944. The number of esters is 1. The highest BCUT2D eigenvalue weighted by atomic mass is 35.5. The number of furan rings is 1. The van der Waals surface area contributed by atoms with Crippen molar-refractivity contribution in [3.63, 3.8) is 0 Å². The summed E-state index contributed by atoms with van der Waals surface area (Å²) in [6.45, 7) is 4.14. The third kappa shape index (κ3) is 4.54. The van der Waals surface area contributed by atoms with Crippen LogP contribution < -0.4 is 0 Å². The van der Waals surface area contributed by atoms with Crippen LogP contribution in [0.3, 0.4) is 0 Å². The van der Waals surface area contributed by atoms with Crippen LogP contribution in [0.25, 0.3) is 17.3 Å². The normalized spacial score (nSPS) is 12.1. The van der Waals surface area contributed by atoms with Gasteiger partial charge in [-0.3, -0.25) is 9.36 Å². The number of aromatic nitrogens is 3. The summed E-state index contributed by atoms with van der Waals surface area (Å²) < 4.78 is 12.5. The topological polar surface area (TPSA) is 70.2 Å². The van der Waals surface area contributed by atoms with Gasteiger partial charge in [0.05, 0.1) is 28.6 Å². The van der Waals surface area contributed by atoms with Crippen molar-refractivity contribution in [2.75, 3.05) is 6.61 Å². The van der Waals surface area contributed by atoms with Gasteiger partial charge in [0.1, 0.15) is 5.25 Å². The fraction of sp³-hybridized carbons (Fsp3) is 0.316. The standard InChI is InChI=1S/C19H19Cl2N3O3S/c1-3-6-16(18(25)26-4-2)28-19-23-22-17(15-7-5-10-27-15)24(19)12-8-9-13(20)14(21)11-12/h5,7-11,16H,3-4,6H2,1-2H3/t16-/m0/s1. The lowest BCUT2D eigenvalue weighted by Gasteiger charge is -2.15. The number of halogens is 2. The van der Waals surface area contributed by atoms with E-state index in [1.54, 1.807) is 42.0 Å². The van der Waals surface area contributed by atoms with Crippen LogP contribution in [0.4, 0.5) is 0 Å². The molecule has 0 amide bonds. The molecule has 0 fully saturated rings. The maximum absolute atomic E-state index is 12.4. The van der Waals surface area contributed by atoms with Crippen LogP contribution in [-0.2, 0) is 9.53 Å². The Kier molecular flexibility index (Phi) is 7.04. The Morgan fingerprint density at radius 1 is 1.25 bits per heavy atom. The molecular weight excluding hydrogens is 421 g/mol. The lowest BCUT2D eigenvalue weighted by molar-refractivity contribution is -0.142. The van der Waals surface area contributed by atoms with Gasteiger partial charge in [-0.25, -0.2) is 0 Å². The molecule has 0 bridgehead atoms. The van der Waals surface area contributed by atoms with Crippen LogP contribution >= 0.6 is 35.0 Å². The number of nitrogens with zero attached hydrogens (tertiary/aromatic N) is 3. The van der Waals surface area contributed by atoms with Crippen LogP contribution in [0, 0.1) is 0 Å². The van der Waals surface area contributed by atoms with E-state index in [1.807, 2.05) is 13.0 Å². The molecule has 0 aliphatic rings. The second-order valence-electron chi connectivity index (χ2n) is 5.86. The number of hydrogen-bond donors (Lipinski definition) is 0. The SMILES string of the molecule is CCC[C@H](Sc1nnc(-c2ccco2)n1-c1ccc(Cl)c(Cl)c1)C(=O)OCC. The minimum atomic E-state index is -0.389. The molecule has 3 rings (SSSR count). The number of carbonyl (C=O) groups is 1. The summed E-state index contributed by atoms with van der Waals surface area (Å²) in [4.78, 5) is 12.4. The van der Waals surface area contributed by atoms with Crippen molar-refractivity contribution in [3.8, 4) is 17.3 Å². The quantitative estimate of drug-likeness (QED) is 0.333. The van der Waals surface area contributed by atoms with Crippen molar-refractivity contribution >= 4 is 40.9 Å². The van der Waals surface area contributed by atoms with E-state index in [0.29, 0.717) is 45.5 Å². The average Bonchev–Trinajstić information content (AvgIpc) is 3.33. The summed E-state index contributed by atoms with van der Waals surface area (Å²) in [5.74, 6) is 0.788.